The standard InChI is InChI=1S/C17H18FN5O2/c18-14-6-4-13(5-7-14)8-9-19-16(24)20-10-12-23-17(25)22-11-2-1-3-15(22)21-23/h1-7,11H,8-10,12H2,(H2,19,20,24). The Hall–Kier alpha value is -3.16. The first kappa shape index (κ1) is 16.7. The minimum atomic E-state index is -0.320. The topological polar surface area (TPSA) is 80.4 Å². The molecule has 0 atom stereocenters. The van der Waals surface area contributed by atoms with Crippen LogP contribution in [-0.4, -0.2) is 33.3 Å². The van der Waals surface area contributed by atoms with E-state index in [1.54, 1.807) is 36.5 Å². The van der Waals surface area contributed by atoms with E-state index in [9.17, 15) is 14.0 Å². The lowest BCUT2D eigenvalue weighted by molar-refractivity contribution is 0.240. The first-order chi connectivity index (χ1) is 12.1. The third kappa shape index (κ3) is 4.23. The van der Waals surface area contributed by atoms with Gasteiger partial charge in [0.05, 0.1) is 6.54 Å². The largest absolute Gasteiger partial charge is 0.350 e. The number of hydrogen-bond donors (Lipinski definition) is 2. The van der Waals surface area contributed by atoms with E-state index in [-0.39, 0.29) is 30.6 Å². The SMILES string of the molecule is O=C(NCCc1ccc(F)cc1)NCCn1nc2ccccn2c1=O. The summed E-state index contributed by atoms with van der Waals surface area (Å²) in [6, 6.07) is 11.1. The summed E-state index contributed by atoms with van der Waals surface area (Å²) in [6.07, 6.45) is 2.26. The van der Waals surface area contributed by atoms with E-state index < -0.39 is 0 Å². The van der Waals surface area contributed by atoms with Gasteiger partial charge in [-0.25, -0.2) is 18.7 Å². The summed E-state index contributed by atoms with van der Waals surface area (Å²) in [5, 5.41) is 9.58. The van der Waals surface area contributed by atoms with Crippen LogP contribution in [0.15, 0.2) is 53.5 Å². The molecule has 0 bridgehead atoms. The Morgan fingerprint density at radius 3 is 2.60 bits per heavy atom. The molecule has 130 valence electrons. The highest BCUT2D eigenvalue weighted by Gasteiger charge is 2.06. The van der Waals surface area contributed by atoms with Gasteiger partial charge in [-0.3, -0.25) is 4.40 Å². The number of benzene rings is 1. The van der Waals surface area contributed by atoms with Gasteiger partial charge in [0.15, 0.2) is 5.65 Å². The van der Waals surface area contributed by atoms with E-state index >= 15 is 0 Å². The lowest BCUT2D eigenvalue weighted by Crippen LogP contribution is -2.39. The smallest absolute Gasteiger partial charge is 0.338 e. The average molecular weight is 343 g/mol. The highest BCUT2D eigenvalue weighted by Crippen LogP contribution is 2.02. The van der Waals surface area contributed by atoms with Gasteiger partial charge in [-0.1, -0.05) is 18.2 Å². The normalized spacial score (nSPS) is 10.8. The predicted octanol–water partition coefficient (Wildman–Crippen LogP) is 1.18. The van der Waals surface area contributed by atoms with Crippen LogP contribution in [0.5, 0.6) is 0 Å². The van der Waals surface area contributed by atoms with Gasteiger partial charge in [0, 0.05) is 19.3 Å². The summed E-state index contributed by atoms with van der Waals surface area (Å²) in [7, 11) is 0. The van der Waals surface area contributed by atoms with E-state index in [1.165, 1.54) is 21.2 Å². The van der Waals surface area contributed by atoms with Gasteiger partial charge in [-0.2, -0.15) is 0 Å². The minimum absolute atomic E-state index is 0.242. The fraction of sp³-hybridized carbons (Fsp3) is 0.235. The molecule has 2 aromatic heterocycles. The van der Waals surface area contributed by atoms with Crippen molar-refractivity contribution in [3.63, 3.8) is 0 Å². The third-order valence-corrected chi connectivity index (χ3v) is 3.71. The second kappa shape index (κ2) is 7.61. The Bertz CT molecular complexity index is 917. The molecule has 0 aliphatic carbocycles. The molecule has 3 aromatic rings. The van der Waals surface area contributed by atoms with Crippen LogP contribution in [0.1, 0.15) is 5.56 Å². The Kier molecular flexibility index (Phi) is 5.08. The fourth-order valence-corrected chi connectivity index (χ4v) is 2.42. The van der Waals surface area contributed by atoms with Crippen LogP contribution in [0.4, 0.5) is 9.18 Å². The van der Waals surface area contributed by atoms with Crippen LogP contribution in [0.25, 0.3) is 5.65 Å². The number of pyridine rings is 1. The minimum Gasteiger partial charge on any atom is -0.338 e. The van der Waals surface area contributed by atoms with Crippen LogP contribution in [0.3, 0.4) is 0 Å². The number of rotatable bonds is 6. The van der Waals surface area contributed by atoms with Gasteiger partial charge in [0.1, 0.15) is 5.82 Å². The summed E-state index contributed by atoms with van der Waals surface area (Å²) in [5.41, 5.74) is 1.27. The Morgan fingerprint density at radius 2 is 1.84 bits per heavy atom. The lowest BCUT2D eigenvalue weighted by Gasteiger charge is -2.07. The zero-order chi connectivity index (χ0) is 17.6. The van der Waals surface area contributed by atoms with Crippen molar-refractivity contribution in [3.05, 3.63) is 70.5 Å². The van der Waals surface area contributed by atoms with Crippen LogP contribution in [0.2, 0.25) is 0 Å². The quantitative estimate of drug-likeness (QED) is 0.705. The molecule has 0 fully saturated rings. The molecule has 2 amide bonds. The molecular weight excluding hydrogens is 325 g/mol. The van der Waals surface area contributed by atoms with Crippen molar-refractivity contribution in [1.29, 1.82) is 0 Å². The molecule has 2 heterocycles. The van der Waals surface area contributed by atoms with Crippen molar-refractivity contribution in [3.8, 4) is 0 Å². The summed E-state index contributed by atoms with van der Waals surface area (Å²) < 4.78 is 15.6. The van der Waals surface area contributed by atoms with E-state index in [1.807, 2.05) is 0 Å². The summed E-state index contributed by atoms with van der Waals surface area (Å²) >= 11 is 0. The van der Waals surface area contributed by atoms with Gasteiger partial charge in [0.2, 0.25) is 0 Å². The molecule has 0 aliphatic rings. The molecule has 0 saturated carbocycles. The maximum absolute atomic E-state index is 12.8. The van der Waals surface area contributed by atoms with E-state index in [2.05, 4.69) is 15.7 Å². The Labute approximate surface area is 143 Å². The molecule has 7 nitrogen and oxygen atoms in total. The molecule has 0 aliphatic heterocycles. The molecule has 0 spiro atoms. The highest BCUT2D eigenvalue weighted by atomic mass is 19.1. The van der Waals surface area contributed by atoms with E-state index in [0.29, 0.717) is 18.6 Å². The average Bonchev–Trinajstić information content (AvgIpc) is 2.93. The Morgan fingerprint density at radius 1 is 1.08 bits per heavy atom. The molecule has 0 saturated heterocycles. The number of halogens is 1. The monoisotopic (exact) mass is 343 g/mol. The van der Waals surface area contributed by atoms with Crippen molar-refractivity contribution in [1.82, 2.24) is 24.8 Å². The molecule has 25 heavy (non-hydrogen) atoms. The number of carbonyl (C=O) groups is 1. The van der Waals surface area contributed by atoms with Crippen LogP contribution < -0.4 is 16.3 Å². The maximum Gasteiger partial charge on any atom is 0.350 e. The molecule has 0 unspecified atom stereocenters. The number of amides is 2. The molecule has 8 heteroatoms. The molecule has 0 radical (unpaired) electrons. The van der Waals surface area contributed by atoms with Crippen LogP contribution in [-0.2, 0) is 13.0 Å². The second-order valence-electron chi connectivity index (χ2n) is 5.49. The van der Waals surface area contributed by atoms with Gasteiger partial charge in [-0.15, -0.1) is 5.10 Å². The molecule has 3 rings (SSSR count). The number of fused-ring (bicyclic) bond motifs is 1. The van der Waals surface area contributed by atoms with Gasteiger partial charge < -0.3 is 10.6 Å². The zero-order valence-electron chi connectivity index (χ0n) is 13.5. The van der Waals surface area contributed by atoms with Crippen molar-refractivity contribution in [2.24, 2.45) is 0 Å². The predicted molar refractivity (Wildman–Crippen MR) is 91.0 cm³/mol. The number of urea groups is 1. The van der Waals surface area contributed by atoms with Crippen LogP contribution >= 0.6 is 0 Å². The number of carbonyl (C=O) groups excluding carboxylic acids is 1. The first-order valence-corrected chi connectivity index (χ1v) is 7.94. The van der Waals surface area contributed by atoms with Crippen molar-refractivity contribution in [2.75, 3.05) is 13.1 Å². The van der Waals surface area contributed by atoms with Gasteiger partial charge >= 0.3 is 11.7 Å². The summed E-state index contributed by atoms with van der Waals surface area (Å²) in [5.74, 6) is -0.281. The first-order valence-electron chi connectivity index (χ1n) is 7.94. The number of nitrogens with one attached hydrogen (secondary N) is 2. The lowest BCUT2D eigenvalue weighted by atomic mass is 10.1. The molecule has 1 aromatic carbocycles. The zero-order valence-corrected chi connectivity index (χ0v) is 13.5. The van der Waals surface area contributed by atoms with Crippen molar-refractivity contribution in [2.45, 2.75) is 13.0 Å². The fourth-order valence-electron chi connectivity index (χ4n) is 2.42. The second-order valence-corrected chi connectivity index (χ2v) is 5.49. The van der Waals surface area contributed by atoms with Gasteiger partial charge in [-0.05, 0) is 36.2 Å². The van der Waals surface area contributed by atoms with Crippen molar-refractivity contribution < 1.29 is 9.18 Å². The number of aromatic nitrogens is 3. The molecular formula is C17H18FN5O2. The van der Waals surface area contributed by atoms with Crippen LogP contribution in [0, 0.1) is 5.82 Å². The van der Waals surface area contributed by atoms with Crippen molar-refractivity contribution >= 4 is 11.7 Å². The van der Waals surface area contributed by atoms with E-state index in [0.717, 1.165) is 5.56 Å². The summed E-state index contributed by atoms with van der Waals surface area (Å²) in [6.45, 7) is 1.00. The maximum atomic E-state index is 12.8. The van der Waals surface area contributed by atoms with Gasteiger partial charge in [0.25, 0.3) is 0 Å². The van der Waals surface area contributed by atoms with E-state index in [4.69, 9.17) is 0 Å². The Balaban J connectivity index is 1.42. The number of hydrogen-bond acceptors (Lipinski definition) is 3. The third-order valence-electron chi connectivity index (χ3n) is 3.71. The molecule has 2 N–H and O–H groups in total. The highest BCUT2D eigenvalue weighted by molar-refractivity contribution is 5.73. The number of nitrogens with zero attached hydrogens (tertiary/aromatic N) is 3. The summed E-state index contributed by atoms with van der Waals surface area (Å²) in [4.78, 5) is 23.8.